The second-order valence-corrected chi connectivity index (χ2v) is 4.42. The molecule has 0 aliphatic carbocycles. The lowest BCUT2D eigenvalue weighted by Crippen LogP contribution is -2.09. The SMILES string of the molecule is CCOCNc1ccc(NCc2ccc(F)cc2)nc1N. The molecule has 0 atom stereocenters. The first kappa shape index (κ1) is 15.1. The first-order valence-electron chi connectivity index (χ1n) is 6.75. The molecule has 0 unspecified atom stereocenters. The fourth-order valence-corrected chi connectivity index (χ4v) is 1.75. The summed E-state index contributed by atoms with van der Waals surface area (Å²) in [7, 11) is 0. The number of aromatic nitrogens is 1. The van der Waals surface area contributed by atoms with Crippen LogP contribution in [0.5, 0.6) is 0 Å². The van der Waals surface area contributed by atoms with E-state index in [2.05, 4.69) is 15.6 Å². The van der Waals surface area contributed by atoms with Crippen LogP contribution in [0.1, 0.15) is 12.5 Å². The molecule has 5 nitrogen and oxygen atoms in total. The van der Waals surface area contributed by atoms with Crippen LogP contribution < -0.4 is 16.4 Å². The minimum atomic E-state index is -0.245. The Morgan fingerprint density at radius 2 is 1.90 bits per heavy atom. The molecule has 0 amide bonds. The number of hydrogen-bond acceptors (Lipinski definition) is 5. The largest absolute Gasteiger partial charge is 0.382 e. The number of hydrogen-bond donors (Lipinski definition) is 3. The van der Waals surface area contributed by atoms with Gasteiger partial charge in [0.05, 0.1) is 5.69 Å². The van der Waals surface area contributed by atoms with Gasteiger partial charge in [-0.05, 0) is 36.8 Å². The van der Waals surface area contributed by atoms with Crippen LogP contribution in [0.4, 0.5) is 21.7 Å². The highest BCUT2D eigenvalue weighted by molar-refractivity contribution is 5.64. The first-order valence-corrected chi connectivity index (χ1v) is 6.75. The van der Waals surface area contributed by atoms with E-state index in [4.69, 9.17) is 10.5 Å². The maximum Gasteiger partial charge on any atom is 0.149 e. The number of halogens is 1. The zero-order valence-corrected chi connectivity index (χ0v) is 11.9. The van der Waals surface area contributed by atoms with Gasteiger partial charge in [0, 0.05) is 13.2 Å². The lowest BCUT2D eigenvalue weighted by Gasteiger charge is -2.11. The van der Waals surface area contributed by atoms with Crippen LogP contribution in [-0.2, 0) is 11.3 Å². The van der Waals surface area contributed by atoms with Crippen molar-refractivity contribution in [3.8, 4) is 0 Å². The molecule has 112 valence electrons. The molecule has 0 bridgehead atoms. The number of benzene rings is 1. The van der Waals surface area contributed by atoms with Gasteiger partial charge < -0.3 is 21.1 Å². The molecule has 0 saturated heterocycles. The van der Waals surface area contributed by atoms with Crippen molar-refractivity contribution >= 4 is 17.3 Å². The fraction of sp³-hybridized carbons (Fsp3) is 0.267. The summed E-state index contributed by atoms with van der Waals surface area (Å²) < 4.78 is 18.0. The Morgan fingerprint density at radius 1 is 1.14 bits per heavy atom. The Morgan fingerprint density at radius 3 is 2.57 bits per heavy atom. The molecule has 0 radical (unpaired) electrons. The second-order valence-electron chi connectivity index (χ2n) is 4.42. The van der Waals surface area contributed by atoms with E-state index in [-0.39, 0.29) is 5.82 Å². The summed E-state index contributed by atoms with van der Waals surface area (Å²) >= 11 is 0. The van der Waals surface area contributed by atoms with Gasteiger partial charge in [0.2, 0.25) is 0 Å². The maximum absolute atomic E-state index is 12.8. The van der Waals surface area contributed by atoms with Crippen molar-refractivity contribution in [3.63, 3.8) is 0 Å². The van der Waals surface area contributed by atoms with Crippen LogP contribution in [0.3, 0.4) is 0 Å². The van der Waals surface area contributed by atoms with Gasteiger partial charge in [-0.2, -0.15) is 0 Å². The lowest BCUT2D eigenvalue weighted by atomic mass is 10.2. The number of nitrogen functional groups attached to an aromatic ring is 1. The van der Waals surface area contributed by atoms with Gasteiger partial charge in [0.15, 0.2) is 0 Å². The number of nitrogens with one attached hydrogen (secondary N) is 2. The molecule has 2 rings (SSSR count). The molecule has 2 aromatic rings. The monoisotopic (exact) mass is 290 g/mol. The molecule has 1 aromatic carbocycles. The van der Waals surface area contributed by atoms with Crippen molar-refractivity contribution in [1.29, 1.82) is 0 Å². The number of rotatable bonds is 7. The minimum Gasteiger partial charge on any atom is -0.382 e. The maximum atomic E-state index is 12.8. The Hall–Kier alpha value is -2.34. The van der Waals surface area contributed by atoms with Crippen molar-refractivity contribution in [3.05, 3.63) is 47.8 Å². The van der Waals surface area contributed by atoms with Crippen LogP contribution in [0.15, 0.2) is 36.4 Å². The predicted molar refractivity (Wildman–Crippen MR) is 82.5 cm³/mol. The predicted octanol–water partition coefficient (Wildman–Crippen LogP) is 2.82. The zero-order valence-electron chi connectivity index (χ0n) is 11.9. The molecule has 0 spiro atoms. The molecule has 1 aromatic heterocycles. The average molecular weight is 290 g/mol. The third-order valence-corrected chi connectivity index (χ3v) is 2.88. The summed E-state index contributed by atoms with van der Waals surface area (Å²) in [5.74, 6) is 0.823. The number of anilines is 3. The van der Waals surface area contributed by atoms with Gasteiger partial charge in [-0.1, -0.05) is 12.1 Å². The van der Waals surface area contributed by atoms with E-state index < -0.39 is 0 Å². The fourth-order valence-electron chi connectivity index (χ4n) is 1.75. The van der Waals surface area contributed by atoms with E-state index in [9.17, 15) is 4.39 Å². The van der Waals surface area contributed by atoms with Crippen LogP contribution in [0.25, 0.3) is 0 Å². The van der Waals surface area contributed by atoms with Gasteiger partial charge in [-0.25, -0.2) is 9.37 Å². The number of pyridine rings is 1. The van der Waals surface area contributed by atoms with Crippen molar-refractivity contribution in [2.45, 2.75) is 13.5 Å². The lowest BCUT2D eigenvalue weighted by molar-refractivity contribution is 0.167. The normalized spacial score (nSPS) is 10.4. The summed E-state index contributed by atoms with van der Waals surface area (Å²) in [4.78, 5) is 4.26. The Kier molecular flexibility index (Phi) is 5.34. The summed E-state index contributed by atoms with van der Waals surface area (Å²) in [6.07, 6.45) is 0. The zero-order chi connectivity index (χ0) is 15.1. The van der Waals surface area contributed by atoms with E-state index in [0.717, 1.165) is 11.3 Å². The molecular weight excluding hydrogens is 271 g/mol. The summed E-state index contributed by atoms with van der Waals surface area (Å²) in [5, 5.41) is 6.19. The third kappa shape index (κ3) is 4.61. The van der Waals surface area contributed by atoms with Crippen LogP contribution in [0.2, 0.25) is 0 Å². The molecule has 0 fully saturated rings. The molecule has 21 heavy (non-hydrogen) atoms. The number of nitrogens with two attached hydrogens (primary N) is 1. The summed E-state index contributed by atoms with van der Waals surface area (Å²) in [5.41, 5.74) is 7.57. The Labute approximate surface area is 123 Å². The van der Waals surface area contributed by atoms with Gasteiger partial charge in [0.1, 0.15) is 24.2 Å². The Bertz CT molecular complexity index is 574. The molecular formula is C15H19FN4O. The van der Waals surface area contributed by atoms with Gasteiger partial charge in [-0.15, -0.1) is 0 Å². The number of nitrogens with zero attached hydrogens (tertiary/aromatic N) is 1. The number of ether oxygens (including phenoxy) is 1. The quantitative estimate of drug-likeness (QED) is 0.540. The molecule has 4 N–H and O–H groups in total. The van der Waals surface area contributed by atoms with E-state index in [1.165, 1.54) is 12.1 Å². The van der Waals surface area contributed by atoms with Crippen molar-refractivity contribution in [2.75, 3.05) is 29.7 Å². The van der Waals surface area contributed by atoms with Crippen LogP contribution >= 0.6 is 0 Å². The topological polar surface area (TPSA) is 72.2 Å². The van der Waals surface area contributed by atoms with Crippen LogP contribution in [-0.4, -0.2) is 18.3 Å². The first-order chi connectivity index (χ1) is 10.2. The van der Waals surface area contributed by atoms with E-state index in [1.54, 1.807) is 12.1 Å². The van der Waals surface area contributed by atoms with Crippen molar-refractivity contribution in [1.82, 2.24) is 4.98 Å². The van der Waals surface area contributed by atoms with Crippen molar-refractivity contribution < 1.29 is 9.13 Å². The Balaban J connectivity index is 1.92. The highest BCUT2D eigenvalue weighted by Gasteiger charge is 2.02. The van der Waals surface area contributed by atoms with E-state index in [0.29, 0.717) is 31.5 Å². The molecule has 6 heteroatoms. The van der Waals surface area contributed by atoms with Crippen molar-refractivity contribution in [2.24, 2.45) is 0 Å². The van der Waals surface area contributed by atoms with Crippen LogP contribution in [0, 0.1) is 5.82 Å². The second kappa shape index (κ2) is 7.44. The third-order valence-electron chi connectivity index (χ3n) is 2.88. The van der Waals surface area contributed by atoms with Gasteiger partial charge in [-0.3, -0.25) is 0 Å². The van der Waals surface area contributed by atoms with Gasteiger partial charge in [0.25, 0.3) is 0 Å². The molecule has 0 aliphatic rings. The smallest absolute Gasteiger partial charge is 0.149 e. The highest BCUT2D eigenvalue weighted by atomic mass is 19.1. The minimum absolute atomic E-state index is 0.245. The van der Waals surface area contributed by atoms with E-state index >= 15 is 0 Å². The summed E-state index contributed by atoms with van der Waals surface area (Å²) in [6, 6.07) is 9.98. The molecule has 0 saturated carbocycles. The average Bonchev–Trinajstić information content (AvgIpc) is 2.49. The summed E-state index contributed by atoms with van der Waals surface area (Å²) in [6.45, 7) is 3.51. The van der Waals surface area contributed by atoms with E-state index in [1.807, 2.05) is 19.1 Å². The highest BCUT2D eigenvalue weighted by Crippen LogP contribution is 2.18. The van der Waals surface area contributed by atoms with Gasteiger partial charge >= 0.3 is 0 Å². The molecule has 1 heterocycles. The molecule has 0 aliphatic heterocycles. The standard InChI is InChI=1S/C15H19FN4O/c1-2-21-10-19-13-7-8-14(20-15(13)17)18-9-11-3-5-12(16)6-4-11/h3-8,19H,2,9-10H2,1H3,(H3,17,18,20).